The van der Waals surface area contributed by atoms with Gasteiger partial charge in [-0.15, -0.1) is 0 Å². The van der Waals surface area contributed by atoms with Crippen LogP contribution in [0.25, 0.3) is 10.9 Å². The van der Waals surface area contributed by atoms with Crippen molar-refractivity contribution >= 4 is 22.5 Å². The van der Waals surface area contributed by atoms with Gasteiger partial charge < -0.3 is 9.80 Å². The minimum Gasteiger partial charge on any atom is -0.370 e. The highest BCUT2D eigenvalue weighted by molar-refractivity contribution is 6.06. The Morgan fingerprint density at radius 1 is 0.929 bits per heavy atom. The maximum Gasteiger partial charge on any atom is 0.254 e. The van der Waals surface area contributed by atoms with E-state index in [0.717, 1.165) is 66.0 Å². The molecule has 1 aliphatic heterocycles. The van der Waals surface area contributed by atoms with Crippen LogP contribution >= 0.6 is 0 Å². The molecule has 144 valence electrons. The van der Waals surface area contributed by atoms with E-state index in [9.17, 15) is 4.79 Å². The summed E-state index contributed by atoms with van der Waals surface area (Å²) in [5.41, 5.74) is 5.87. The Hall–Kier alpha value is -2.95. The Morgan fingerprint density at radius 3 is 2.61 bits per heavy atom. The molecule has 0 spiro atoms. The summed E-state index contributed by atoms with van der Waals surface area (Å²) in [6.07, 6.45) is 2.81. The molecule has 0 radical (unpaired) electrons. The molecule has 4 rings (SSSR count). The van der Waals surface area contributed by atoms with Gasteiger partial charge in [0.15, 0.2) is 0 Å². The van der Waals surface area contributed by atoms with Gasteiger partial charge in [0, 0.05) is 54.8 Å². The third-order valence-corrected chi connectivity index (χ3v) is 5.35. The smallest absolute Gasteiger partial charge is 0.254 e. The third-order valence-electron chi connectivity index (χ3n) is 5.35. The van der Waals surface area contributed by atoms with Crippen LogP contribution in [0.2, 0.25) is 0 Å². The van der Waals surface area contributed by atoms with Crippen LogP contribution in [-0.2, 0) is 0 Å². The minimum atomic E-state index is 0.105. The fourth-order valence-corrected chi connectivity index (χ4v) is 3.93. The zero-order chi connectivity index (χ0) is 19.7. The van der Waals surface area contributed by atoms with Crippen LogP contribution in [0.3, 0.4) is 0 Å². The van der Waals surface area contributed by atoms with Crippen molar-refractivity contribution in [2.45, 2.75) is 27.2 Å². The van der Waals surface area contributed by atoms with Gasteiger partial charge >= 0.3 is 0 Å². The lowest BCUT2D eigenvalue weighted by atomic mass is 10.0. The van der Waals surface area contributed by atoms with Crippen LogP contribution in [0.1, 0.15) is 33.7 Å². The highest BCUT2D eigenvalue weighted by atomic mass is 16.2. The Balaban J connectivity index is 1.59. The number of hydrogen-bond acceptors (Lipinski definition) is 4. The number of aromatic nitrogens is 2. The molecule has 2 aromatic heterocycles. The van der Waals surface area contributed by atoms with E-state index in [1.54, 1.807) is 0 Å². The second-order valence-corrected chi connectivity index (χ2v) is 7.62. The van der Waals surface area contributed by atoms with Gasteiger partial charge in [0.05, 0.1) is 11.1 Å². The zero-order valence-electron chi connectivity index (χ0n) is 16.8. The van der Waals surface area contributed by atoms with Crippen molar-refractivity contribution in [2.24, 2.45) is 0 Å². The highest BCUT2D eigenvalue weighted by Gasteiger charge is 2.22. The molecule has 5 nitrogen and oxygen atoms in total. The summed E-state index contributed by atoms with van der Waals surface area (Å²) in [6, 6.07) is 12.2. The predicted molar refractivity (Wildman–Crippen MR) is 113 cm³/mol. The van der Waals surface area contributed by atoms with E-state index in [4.69, 9.17) is 0 Å². The van der Waals surface area contributed by atoms with E-state index in [0.29, 0.717) is 0 Å². The van der Waals surface area contributed by atoms with Crippen molar-refractivity contribution in [3.05, 3.63) is 65.1 Å². The van der Waals surface area contributed by atoms with Gasteiger partial charge in [-0.25, -0.2) is 0 Å². The number of benzene rings is 1. The number of nitrogens with zero attached hydrogens (tertiary/aromatic N) is 4. The molecule has 28 heavy (non-hydrogen) atoms. The number of hydrogen-bond donors (Lipinski definition) is 0. The normalized spacial score (nSPS) is 15.0. The molecule has 5 heteroatoms. The molecule has 0 atom stereocenters. The first-order valence-electron chi connectivity index (χ1n) is 9.86. The second kappa shape index (κ2) is 7.58. The molecule has 1 saturated heterocycles. The van der Waals surface area contributed by atoms with Crippen LogP contribution in [0.4, 0.5) is 5.69 Å². The third kappa shape index (κ3) is 3.70. The van der Waals surface area contributed by atoms with Crippen molar-refractivity contribution in [3.63, 3.8) is 0 Å². The maximum absolute atomic E-state index is 13.4. The lowest BCUT2D eigenvalue weighted by Crippen LogP contribution is -2.35. The lowest BCUT2D eigenvalue weighted by molar-refractivity contribution is 0.0769. The summed E-state index contributed by atoms with van der Waals surface area (Å²) < 4.78 is 0. The fourth-order valence-electron chi connectivity index (χ4n) is 3.93. The van der Waals surface area contributed by atoms with Crippen LogP contribution in [0.15, 0.2) is 42.6 Å². The Bertz CT molecular complexity index is 1030. The lowest BCUT2D eigenvalue weighted by Gasteiger charge is -2.24. The van der Waals surface area contributed by atoms with Gasteiger partial charge in [-0.1, -0.05) is 11.6 Å². The number of anilines is 1. The molecule has 1 amide bonds. The first-order valence-corrected chi connectivity index (χ1v) is 9.86. The Labute approximate surface area is 166 Å². The number of amides is 1. The van der Waals surface area contributed by atoms with Gasteiger partial charge in [-0.05, 0) is 57.5 Å². The van der Waals surface area contributed by atoms with Crippen LogP contribution in [0, 0.1) is 20.8 Å². The first kappa shape index (κ1) is 18.4. The van der Waals surface area contributed by atoms with Gasteiger partial charge in [0.25, 0.3) is 5.91 Å². The molecule has 0 bridgehead atoms. The molecular formula is C23H26N4O. The summed E-state index contributed by atoms with van der Waals surface area (Å²) >= 11 is 0. The summed E-state index contributed by atoms with van der Waals surface area (Å²) in [7, 11) is 0. The van der Waals surface area contributed by atoms with Crippen LogP contribution in [0.5, 0.6) is 0 Å². The maximum atomic E-state index is 13.4. The predicted octanol–water partition coefficient (Wildman–Crippen LogP) is 3.91. The van der Waals surface area contributed by atoms with Crippen molar-refractivity contribution in [1.82, 2.24) is 14.9 Å². The molecule has 1 aromatic carbocycles. The molecule has 3 aromatic rings. The van der Waals surface area contributed by atoms with E-state index < -0.39 is 0 Å². The topological polar surface area (TPSA) is 49.3 Å². The standard InChI is InChI=1S/C23H26N4O/c1-16-5-6-22-20(13-16)21(15-18(3)25-22)23(28)27-10-4-9-26(11-12-27)19-7-8-24-17(2)14-19/h5-8,13-15H,4,9-12H2,1-3H3. The number of pyridine rings is 2. The summed E-state index contributed by atoms with van der Waals surface area (Å²) in [6.45, 7) is 9.28. The number of aryl methyl sites for hydroxylation is 3. The molecule has 3 heterocycles. The molecule has 1 fully saturated rings. The summed E-state index contributed by atoms with van der Waals surface area (Å²) in [5.74, 6) is 0.105. The van der Waals surface area contributed by atoms with Crippen molar-refractivity contribution < 1.29 is 4.79 Å². The van der Waals surface area contributed by atoms with Gasteiger partial charge in [0.1, 0.15) is 0 Å². The first-order chi connectivity index (χ1) is 13.5. The quantitative estimate of drug-likeness (QED) is 0.682. The average Bonchev–Trinajstić information content (AvgIpc) is 2.93. The summed E-state index contributed by atoms with van der Waals surface area (Å²) in [5, 5.41) is 0.946. The van der Waals surface area contributed by atoms with E-state index >= 15 is 0 Å². The molecule has 0 aliphatic carbocycles. The van der Waals surface area contributed by atoms with E-state index in [-0.39, 0.29) is 5.91 Å². The van der Waals surface area contributed by atoms with E-state index in [1.165, 1.54) is 5.69 Å². The minimum absolute atomic E-state index is 0.105. The molecular weight excluding hydrogens is 348 g/mol. The number of rotatable bonds is 2. The largest absolute Gasteiger partial charge is 0.370 e. The fraction of sp³-hybridized carbons (Fsp3) is 0.348. The highest BCUT2D eigenvalue weighted by Crippen LogP contribution is 2.23. The van der Waals surface area contributed by atoms with Gasteiger partial charge in [-0.3, -0.25) is 14.8 Å². The molecule has 0 unspecified atom stereocenters. The molecule has 0 saturated carbocycles. The number of carbonyl (C=O) groups is 1. The zero-order valence-corrected chi connectivity index (χ0v) is 16.8. The van der Waals surface area contributed by atoms with Crippen molar-refractivity contribution in [3.8, 4) is 0 Å². The average molecular weight is 374 g/mol. The van der Waals surface area contributed by atoms with Gasteiger partial charge in [0.2, 0.25) is 0 Å². The van der Waals surface area contributed by atoms with E-state index in [2.05, 4.69) is 27.0 Å². The summed E-state index contributed by atoms with van der Waals surface area (Å²) in [4.78, 5) is 26.6. The number of fused-ring (bicyclic) bond motifs is 1. The van der Waals surface area contributed by atoms with Gasteiger partial charge in [-0.2, -0.15) is 0 Å². The monoisotopic (exact) mass is 374 g/mol. The Kier molecular flexibility index (Phi) is 4.99. The van der Waals surface area contributed by atoms with Crippen LogP contribution in [-0.4, -0.2) is 47.0 Å². The molecule has 0 N–H and O–H groups in total. The Morgan fingerprint density at radius 2 is 1.79 bits per heavy atom. The van der Waals surface area contributed by atoms with E-state index in [1.807, 2.05) is 56.1 Å². The second-order valence-electron chi connectivity index (χ2n) is 7.62. The number of carbonyl (C=O) groups excluding carboxylic acids is 1. The van der Waals surface area contributed by atoms with Crippen molar-refractivity contribution in [1.29, 1.82) is 0 Å². The van der Waals surface area contributed by atoms with Crippen molar-refractivity contribution in [2.75, 3.05) is 31.1 Å². The van der Waals surface area contributed by atoms with Crippen LogP contribution < -0.4 is 4.90 Å². The molecule has 1 aliphatic rings. The SMILES string of the molecule is Cc1ccc2nc(C)cc(C(=O)N3CCCN(c4ccnc(C)c4)CC3)c2c1.